The van der Waals surface area contributed by atoms with Crippen molar-refractivity contribution in [2.24, 2.45) is 0 Å². The number of piperazine rings is 1. The highest BCUT2D eigenvalue weighted by Crippen LogP contribution is 2.27. The van der Waals surface area contributed by atoms with Crippen LogP contribution in [-0.4, -0.2) is 93.3 Å². The standard InChI is InChI=1S/C29H30N6O4/c36-26-24-10-6-12-31-27(24)39-19-23-18-33(28(37)20-7-2-1-3-8-20)13-14-35(23)29(38)25-15-22(32-26)17-34(25)16-21-9-4-5-11-30-21/h1-12,22-23,25H,13-19H2,(H,32,36)/t22-,23+,25+/m1/s1. The van der Waals surface area contributed by atoms with Crippen LogP contribution in [0.25, 0.3) is 0 Å². The van der Waals surface area contributed by atoms with Crippen molar-refractivity contribution in [1.29, 1.82) is 0 Å². The maximum atomic E-state index is 14.1. The summed E-state index contributed by atoms with van der Waals surface area (Å²) >= 11 is 0. The molecule has 0 saturated carbocycles. The van der Waals surface area contributed by atoms with Gasteiger partial charge in [-0.15, -0.1) is 0 Å². The van der Waals surface area contributed by atoms with Crippen LogP contribution in [0.15, 0.2) is 73.1 Å². The van der Waals surface area contributed by atoms with Gasteiger partial charge in [-0.3, -0.25) is 24.3 Å². The van der Waals surface area contributed by atoms with Gasteiger partial charge in [0.05, 0.1) is 17.8 Å². The lowest BCUT2D eigenvalue weighted by Gasteiger charge is -2.43. The third-order valence-corrected chi connectivity index (χ3v) is 7.62. The highest BCUT2D eigenvalue weighted by atomic mass is 16.5. The predicted octanol–water partition coefficient (Wildman–Crippen LogP) is 1.60. The normalized spacial score (nSPS) is 23.5. The number of ether oxygens (including phenoxy) is 1. The first-order valence-electron chi connectivity index (χ1n) is 13.2. The van der Waals surface area contributed by atoms with Gasteiger partial charge in [-0.2, -0.15) is 0 Å². The number of rotatable bonds is 3. The second-order valence-electron chi connectivity index (χ2n) is 10.1. The summed E-state index contributed by atoms with van der Waals surface area (Å²) in [7, 11) is 0. The molecule has 10 nitrogen and oxygen atoms in total. The van der Waals surface area contributed by atoms with Gasteiger partial charge in [0, 0.05) is 56.7 Å². The van der Waals surface area contributed by atoms with E-state index in [0.29, 0.717) is 50.3 Å². The average Bonchev–Trinajstić information content (AvgIpc) is 3.37. The van der Waals surface area contributed by atoms with E-state index in [9.17, 15) is 14.4 Å². The molecule has 2 aromatic heterocycles. The molecule has 2 fully saturated rings. The fourth-order valence-electron chi connectivity index (χ4n) is 5.68. The molecule has 3 aromatic rings. The maximum absolute atomic E-state index is 14.1. The fourth-order valence-corrected chi connectivity index (χ4v) is 5.68. The molecule has 0 radical (unpaired) electrons. The zero-order valence-electron chi connectivity index (χ0n) is 21.5. The van der Waals surface area contributed by atoms with Crippen LogP contribution in [0.2, 0.25) is 0 Å². The summed E-state index contributed by atoms with van der Waals surface area (Å²) < 4.78 is 6.07. The predicted molar refractivity (Wildman–Crippen MR) is 142 cm³/mol. The SMILES string of the molecule is O=C1N[C@@H]2C[C@@H](C(=O)N3CCN(C(=O)c4ccccc4)C[C@H]3COc3ncccc31)N(Cc1ccccn1)C2. The summed E-state index contributed by atoms with van der Waals surface area (Å²) in [6, 6.07) is 17.2. The van der Waals surface area contributed by atoms with Gasteiger partial charge in [0.2, 0.25) is 11.8 Å². The number of likely N-dealkylation sites (tertiary alicyclic amines) is 1. The minimum Gasteiger partial charge on any atom is -0.475 e. The van der Waals surface area contributed by atoms with Crippen molar-refractivity contribution in [3.8, 4) is 5.88 Å². The highest BCUT2D eigenvalue weighted by Gasteiger charge is 2.43. The Kier molecular flexibility index (Phi) is 6.93. The lowest BCUT2D eigenvalue weighted by Crippen LogP contribution is -2.61. The third kappa shape index (κ3) is 5.20. The van der Waals surface area contributed by atoms with Gasteiger partial charge >= 0.3 is 0 Å². The number of amides is 3. The summed E-state index contributed by atoms with van der Waals surface area (Å²) in [5.74, 6) is -0.167. The molecule has 6 rings (SSSR count). The fraction of sp³-hybridized carbons (Fsp3) is 0.345. The van der Waals surface area contributed by atoms with E-state index in [2.05, 4.69) is 20.2 Å². The zero-order valence-corrected chi connectivity index (χ0v) is 21.5. The third-order valence-electron chi connectivity index (χ3n) is 7.62. The number of nitrogens with zero attached hydrogens (tertiary/aromatic N) is 5. The first kappa shape index (κ1) is 25.0. The van der Waals surface area contributed by atoms with Crippen molar-refractivity contribution in [2.45, 2.75) is 31.1 Å². The van der Waals surface area contributed by atoms with Crippen molar-refractivity contribution in [3.05, 3.63) is 89.9 Å². The van der Waals surface area contributed by atoms with E-state index in [-0.39, 0.29) is 36.3 Å². The molecule has 3 aliphatic heterocycles. The monoisotopic (exact) mass is 526 g/mol. The molecule has 0 spiro atoms. The van der Waals surface area contributed by atoms with Gasteiger partial charge in [-0.25, -0.2) is 4.98 Å². The Hall–Kier alpha value is -4.31. The summed E-state index contributed by atoms with van der Waals surface area (Å²) in [6.45, 7) is 2.27. The molecular formula is C29H30N6O4. The van der Waals surface area contributed by atoms with E-state index in [1.165, 1.54) is 0 Å². The Morgan fingerprint density at radius 2 is 1.77 bits per heavy atom. The molecule has 2 saturated heterocycles. The number of carbonyl (C=O) groups is 3. The summed E-state index contributed by atoms with van der Waals surface area (Å²) in [5, 5.41) is 3.09. The second-order valence-corrected chi connectivity index (χ2v) is 10.1. The van der Waals surface area contributed by atoms with Crippen LogP contribution in [0.3, 0.4) is 0 Å². The Bertz CT molecular complexity index is 1350. The molecule has 0 unspecified atom stereocenters. The van der Waals surface area contributed by atoms with Crippen LogP contribution in [0.1, 0.15) is 32.8 Å². The minimum absolute atomic E-state index is 0.0232. The number of nitrogens with one attached hydrogen (secondary N) is 1. The van der Waals surface area contributed by atoms with Gasteiger partial charge in [0.15, 0.2) is 0 Å². The first-order chi connectivity index (χ1) is 19.1. The largest absolute Gasteiger partial charge is 0.475 e. The van der Waals surface area contributed by atoms with Crippen molar-refractivity contribution in [3.63, 3.8) is 0 Å². The Morgan fingerprint density at radius 1 is 0.949 bits per heavy atom. The van der Waals surface area contributed by atoms with Gasteiger partial charge in [-0.05, 0) is 42.8 Å². The van der Waals surface area contributed by atoms with Crippen LogP contribution in [0, 0.1) is 0 Å². The quantitative estimate of drug-likeness (QED) is 0.552. The zero-order chi connectivity index (χ0) is 26.8. The van der Waals surface area contributed by atoms with Crippen molar-refractivity contribution in [2.75, 3.05) is 32.8 Å². The van der Waals surface area contributed by atoms with Gasteiger partial charge in [0.1, 0.15) is 12.2 Å². The molecular weight excluding hydrogens is 496 g/mol. The first-order valence-corrected chi connectivity index (χ1v) is 13.2. The molecule has 1 N–H and O–H groups in total. The van der Waals surface area contributed by atoms with E-state index >= 15 is 0 Å². The number of hydrogen-bond acceptors (Lipinski definition) is 7. The van der Waals surface area contributed by atoms with E-state index < -0.39 is 12.1 Å². The molecule has 3 aliphatic rings. The van der Waals surface area contributed by atoms with Gasteiger partial charge in [-0.1, -0.05) is 24.3 Å². The van der Waals surface area contributed by atoms with E-state index in [0.717, 1.165) is 5.69 Å². The summed E-state index contributed by atoms with van der Waals surface area (Å²) in [5.41, 5.74) is 1.82. The van der Waals surface area contributed by atoms with E-state index in [4.69, 9.17) is 4.74 Å². The Labute approximate surface area is 226 Å². The number of aromatic nitrogens is 2. The van der Waals surface area contributed by atoms with E-state index in [1.54, 1.807) is 41.6 Å². The van der Waals surface area contributed by atoms with Crippen LogP contribution in [-0.2, 0) is 11.3 Å². The molecule has 1 aromatic carbocycles. The van der Waals surface area contributed by atoms with E-state index in [1.807, 2.05) is 41.3 Å². The molecule has 3 amide bonds. The van der Waals surface area contributed by atoms with Crippen molar-refractivity contribution < 1.29 is 19.1 Å². The highest BCUT2D eigenvalue weighted by molar-refractivity contribution is 5.97. The van der Waals surface area contributed by atoms with Crippen molar-refractivity contribution >= 4 is 17.7 Å². The summed E-state index contributed by atoms with van der Waals surface area (Å²) in [6.07, 6.45) is 3.81. The molecule has 10 heteroatoms. The smallest absolute Gasteiger partial charge is 0.257 e. The number of hydrogen-bond donors (Lipinski definition) is 1. The van der Waals surface area contributed by atoms with Crippen LogP contribution in [0.5, 0.6) is 5.88 Å². The molecule has 3 atom stereocenters. The van der Waals surface area contributed by atoms with Gasteiger partial charge < -0.3 is 19.9 Å². The number of carbonyl (C=O) groups excluding carboxylic acids is 3. The molecule has 39 heavy (non-hydrogen) atoms. The molecule has 5 heterocycles. The Morgan fingerprint density at radius 3 is 2.59 bits per heavy atom. The Balaban J connectivity index is 1.31. The second kappa shape index (κ2) is 10.8. The molecule has 200 valence electrons. The summed E-state index contributed by atoms with van der Waals surface area (Å²) in [4.78, 5) is 55.1. The lowest BCUT2D eigenvalue weighted by atomic mass is 10.1. The van der Waals surface area contributed by atoms with Crippen LogP contribution < -0.4 is 10.1 Å². The topological polar surface area (TPSA) is 108 Å². The molecule has 0 aliphatic carbocycles. The number of pyridine rings is 2. The van der Waals surface area contributed by atoms with Crippen molar-refractivity contribution in [1.82, 2.24) is 30.0 Å². The van der Waals surface area contributed by atoms with Gasteiger partial charge in [0.25, 0.3) is 11.8 Å². The molecule has 2 bridgehead atoms. The lowest BCUT2D eigenvalue weighted by molar-refractivity contribution is -0.141. The maximum Gasteiger partial charge on any atom is 0.257 e. The van der Waals surface area contributed by atoms with Crippen LogP contribution >= 0.6 is 0 Å². The van der Waals surface area contributed by atoms with Crippen LogP contribution in [0.4, 0.5) is 0 Å². The average molecular weight is 527 g/mol. The number of benzene rings is 1. The number of fused-ring (bicyclic) bond motifs is 4. The minimum atomic E-state index is -0.427.